The smallest absolute Gasteiger partial charge is 0.161 e. The lowest BCUT2D eigenvalue weighted by molar-refractivity contribution is 0.171. The van der Waals surface area contributed by atoms with E-state index in [4.69, 9.17) is 21.1 Å². The number of alkyl halides is 1. The van der Waals surface area contributed by atoms with Crippen LogP contribution in [-0.4, -0.2) is 13.2 Å². The zero-order chi connectivity index (χ0) is 14.8. The lowest BCUT2D eigenvalue weighted by atomic mass is 10.0. The zero-order valence-corrected chi connectivity index (χ0v) is 13.5. The number of ether oxygens (including phenoxy) is 2. The molecule has 2 nitrogen and oxygen atoms in total. The van der Waals surface area contributed by atoms with Gasteiger partial charge in [-0.05, 0) is 36.2 Å². The predicted molar refractivity (Wildman–Crippen MR) is 84.2 cm³/mol. The van der Waals surface area contributed by atoms with E-state index in [1.54, 1.807) is 12.1 Å². The quantitative estimate of drug-likeness (QED) is 0.712. The monoisotopic (exact) mass is 370 g/mol. The van der Waals surface area contributed by atoms with Crippen LogP contribution < -0.4 is 9.47 Å². The summed E-state index contributed by atoms with van der Waals surface area (Å²) in [6.07, 6.45) is 0.463. The van der Waals surface area contributed by atoms with E-state index in [1.807, 2.05) is 18.2 Å². The largest absolute Gasteiger partial charge is 0.486 e. The van der Waals surface area contributed by atoms with Crippen molar-refractivity contribution >= 4 is 27.5 Å². The van der Waals surface area contributed by atoms with Crippen molar-refractivity contribution < 1.29 is 13.9 Å². The van der Waals surface area contributed by atoms with Crippen LogP contribution in [0.4, 0.5) is 4.39 Å². The third-order valence-electron chi connectivity index (χ3n) is 3.37. The fourth-order valence-corrected chi connectivity index (χ4v) is 3.13. The molecule has 0 bridgehead atoms. The van der Waals surface area contributed by atoms with Crippen LogP contribution in [0.3, 0.4) is 0 Å². The highest BCUT2D eigenvalue weighted by Crippen LogP contribution is 2.37. The molecule has 0 amide bonds. The molecular formula is C16H13BrClFO2. The maximum atomic E-state index is 13.8. The number of benzene rings is 2. The Morgan fingerprint density at radius 2 is 1.90 bits per heavy atom. The Morgan fingerprint density at radius 1 is 1.14 bits per heavy atom. The van der Waals surface area contributed by atoms with E-state index in [0.717, 1.165) is 17.1 Å². The SMILES string of the molecule is Fc1cccc(Cl)c1CC(Br)c1ccc2c(c1)OCCO2. The van der Waals surface area contributed by atoms with E-state index < -0.39 is 0 Å². The number of halogens is 3. The van der Waals surface area contributed by atoms with Crippen molar-refractivity contribution in [2.75, 3.05) is 13.2 Å². The van der Waals surface area contributed by atoms with Crippen LogP contribution in [-0.2, 0) is 6.42 Å². The van der Waals surface area contributed by atoms with Gasteiger partial charge in [0.15, 0.2) is 11.5 Å². The third kappa shape index (κ3) is 3.16. The average Bonchev–Trinajstić information content (AvgIpc) is 2.50. The summed E-state index contributed by atoms with van der Waals surface area (Å²) in [5, 5.41) is 0.442. The summed E-state index contributed by atoms with van der Waals surface area (Å²) in [7, 11) is 0. The second-order valence-corrected chi connectivity index (χ2v) is 6.29. The van der Waals surface area contributed by atoms with Gasteiger partial charge >= 0.3 is 0 Å². The summed E-state index contributed by atoms with van der Waals surface area (Å²) in [6.45, 7) is 1.11. The maximum Gasteiger partial charge on any atom is 0.161 e. The lowest BCUT2D eigenvalue weighted by Crippen LogP contribution is -2.15. The van der Waals surface area contributed by atoms with Crippen molar-refractivity contribution in [2.24, 2.45) is 0 Å². The van der Waals surface area contributed by atoms with Crippen LogP contribution in [0.25, 0.3) is 0 Å². The molecule has 1 heterocycles. The minimum atomic E-state index is -0.288. The first-order valence-corrected chi connectivity index (χ1v) is 7.91. The van der Waals surface area contributed by atoms with Crippen LogP contribution >= 0.6 is 27.5 Å². The van der Waals surface area contributed by atoms with Gasteiger partial charge < -0.3 is 9.47 Å². The van der Waals surface area contributed by atoms with Crippen LogP contribution in [0.5, 0.6) is 11.5 Å². The van der Waals surface area contributed by atoms with Crippen molar-refractivity contribution in [2.45, 2.75) is 11.2 Å². The van der Waals surface area contributed by atoms with Crippen LogP contribution in [0.15, 0.2) is 36.4 Å². The normalized spacial score (nSPS) is 14.8. The minimum absolute atomic E-state index is 0.0530. The highest BCUT2D eigenvalue weighted by molar-refractivity contribution is 9.09. The summed E-state index contributed by atoms with van der Waals surface area (Å²) < 4.78 is 24.9. The van der Waals surface area contributed by atoms with Gasteiger partial charge in [0, 0.05) is 15.4 Å². The van der Waals surface area contributed by atoms with Crippen molar-refractivity contribution in [3.8, 4) is 11.5 Å². The topological polar surface area (TPSA) is 18.5 Å². The van der Waals surface area contributed by atoms with Crippen molar-refractivity contribution in [1.82, 2.24) is 0 Å². The Balaban J connectivity index is 1.84. The highest BCUT2D eigenvalue weighted by Gasteiger charge is 2.18. The number of rotatable bonds is 3. The third-order valence-corrected chi connectivity index (χ3v) is 4.58. The molecule has 2 aromatic rings. The van der Waals surface area contributed by atoms with Gasteiger partial charge in [0.05, 0.1) is 0 Å². The number of hydrogen-bond donors (Lipinski definition) is 0. The fraction of sp³-hybridized carbons (Fsp3) is 0.250. The molecule has 1 unspecified atom stereocenters. The molecule has 2 aromatic carbocycles. The van der Waals surface area contributed by atoms with E-state index in [2.05, 4.69) is 15.9 Å². The Labute approximate surface area is 136 Å². The molecule has 1 atom stereocenters. The zero-order valence-electron chi connectivity index (χ0n) is 11.1. The Kier molecular flexibility index (Phi) is 4.36. The molecule has 0 aromatic heterocycles. The second kappa shape index (κ2) is 6.24. The van der Waals surface area contributed by atoms with E-state index in [1.165, 1.54) is 6.07 Å². The minimum Gasteiger partial charge on any atom is -0.486 e. The van der Waals surface area contributed by atoms with Crippen molar-refractivity contribution in [3.05, 3.63) is 58.4 Å². The predicted octanol–water partition coefficient (Wildman–Crippen LogP) is 4.93. The molecule has 0 saturated carbocycles. The highest BCUT2D eigenvalue weighted by atomic mass is 79.9. The van der Waals surface area contributed by atoms with E-state index in [0.29, 0.717) is 30.2 Å². The lowest BCUT2D eigenvalue weighted by Gasteiger charge is -2.20. The molecule has 3 rings (SSSR count). The molecule has 0 aliphatic carbocycles. The van der Waals surface area contributed by atoms with Gasteiger partial charge in [0.25, 0.3) is 0 Å². The molecule has 0 fully saturated rings. The Morgan fingerprint density at radius 3 is 2.67 bits per heavy atom. The molecule has 5 heteroatoms. The summed E-state index contributed by atoms with van der Waals surface area (Å²) in [4.78, 5) is -0.0530. The van der Waals surface area contributed by atoms with E-state index >= 15 is 0 Å². The van der Waals surface area contributed by atoms with Gasteiger partial charge in [-0.25, -0.2) is 4.39 Å². The molecule has 110 valence electrons. The Bertz CT molecular complexity index is 642. The van der Waals surface area contributed by atoms with Gasteiger partial charge in [0.2, 0.25) is 0 Å². The molecule has 0 spiro atoms. The summed E-state index contributed by atoms with van der Waals surface area (Å²) in [5.74, 6) is 1.18. The van der Waals surface area contributed by atoms with Crippen molar-refractivity contribution in [3.63, 3.8) is 0 Å². The molecule has 0 radical (unpaired) electrons. The fourth-order valence-electron chi connectivity index (χ4n) is 2.28. The first-order valence-electron chi connectivity index (χ1n) is 6.61. The average molecular weight is 372 g/mol. The van der Waals surface area contributed by atoms with Gasteiger partial charge in [-0.1, -0.05) is 39.7 Å². The first-order chi connectivity index (χ1) is 10.1. The maximum absolute atomic E-state index is 13.8. The summed E-state index contributed by atoms with van der Waals surface area (Å²) in [6, 6.07) is 10.5. The number of hydrogen-bond acceptors (Lipinski definition) is 2. The van der Waals surface area contributed by atoms with Crippen LogP contribution in [0.2, 0.25) is 5.02 Å². The summed E-state index contributed by atoms with van der Waals surface area (Å²) >= 11 is 9.67. The molecule has 0 N–H and O–H groups in total. The van der Waals surface area contributed by atoms with Crippen molar-refractivity contribution in [1.29, 1.82) is 0 Å². The summed E-state index contributed by atoms with van der Waals surface area (Å²) in [5.41, 5.74) is 1.51. The molecule has 1 aliphatic heterocycles. The first kappa shape index (κ1) is 14.7. The molecular weight excluding hydrogens is 359 g/mol. The molecule has 21 heavy (non-hydrogen) atoms. The molecule has 1 aliphatic rings. The van der Waals surface area contributed by atoms with E-state index in [9.17, 15) is 4.39 Å². The molecule has 0 saturated heterocycles. The van der Waals surface area contributed by atoms with Gasteiger partial charge in [-0.15, -0.1) is 0 Å². The van der Waals surface area contributed by atoms with E-state index in [-0.39, 0.29) is 10.6 Å². The standard InChI is InChI=1S/C16H13BrClFO2/c17-12(9-11-13(18)2-1-3-14(11)19)10-4-5-15-16(8-10)21-7-6-20-15/h1-5,8,12H,6-7,9H2. The second-order valence-electron chi connectivity index (χ2n) is 4.77. The van der Waals surface area contributed by atoms with Gasteiger partial charge in [0.1, 0.15) is 19.0 Å². The van der Waals surface area contributed by atoms with Crippen LogP contribution in [0.1, 0.15) is 16.0 Å². The Hall–Kier alpha value is -1.26. The van der Waals surface area contributed by atoms with Crippen LogP contribution in [0, 0.1) is 5.82 Å². The number of fused-ring (bicyclic) bond motifs is 1. The van der Waals surface area contributed by atoms with Gasteiger partial charge in [-0.2, -0.15) is 0 Å². The van der Waals surface area contributed by atoms with Gasteiger partial charge in [-0.3, -0.25) is 0 Å².